The normalized spacial score (nSPS) is 22.9. The minimum atomic E-state index is -0.421. The van der Waals surface area contributed by atoms with Crippen molar-refractivity contribution >= 4 is 23.6 Å². The van der Waals surface area contributed by atoms with E-state index in [-0.39, 0.29) is 11.9 Å². The van der Waals surface area contributed by atoms with E-state index in [9.17, 15) is 9.90 Å². The standard InChI is InChI=1S/C16H20ClNO2/c1-11-6-7-12(10-13(11)17)8-9-16(20)18-14-4-2-3-5-15(14)19/h6-10,14-15,19H,2-5H2,1H3,(H,18,20). The largest absolute Gasteiger partial charge is 0.391 e. The molecule has 0 spiro atoms. The Morgan fingerprint density at radius 1 is 1.40 bits per heavy atom. The van der Waals surface area contributed by atoms with Gasteiger partial charge in [0.05, 0.1) is 12.1 Å². The molecule has 3 nitrogen and oxygen atoms in total. The van der Waals surface area contributed by atoms with E-state index in [1.54, 1.807) is 6.08 Å². The summed E-state index contributed by atoms with van der Waals surface area (Å²) in [5.41, 5.74) is 1.90. The molecule has 0 aromatic heterocycles. The number of aliphatic hydroxyl groups is 1. The molecule has 1 aromatic rings. The molecule has 1 fully saturated rings. The van der Waals surface area contributed by atoms with E-state index in [1.165, 1.54) is 6.08 Å². The van der Waals surface area contributed by atoms with Crippen LogP contribution in [0.5, 0.6) is 0 Å². The van der Waals surface area contributed by atoms with E-state index in [0.29, 0.717) is 5.02 Å². The van der Waals surface area contributed by atoms with Crippen LogP contribution >= 0.6 is 11.6 Å². The molecule has 2 rings (SSSR count). The lowest BCUT2D eigenvalue weighted by Crippen LogP contribution is -2.44. The number of nitrogens with one attached hydrogen (secondary N) is 1. The van der Waals surface area contributed by atoms with Gasteiger partial charge in [0.15, 0.2) is 0 Å². The van der Waals surface area contributed by atoms with Crippen molar-refractivity contribution in [2.45, 2.75) is 44.8 Å². The Bertz CT molecular complexity index is 513. The molecular weight excluding hydrogens is 274 g/mol. The van der Waals surface area contributed by atoms with Crippen LogP contribution in [0.3, 0.4) is 0 Å². The number of hydrogen-bond donors (Lipinski definition) is 2. The smallest absolute Gasteiger partial charge is 0.244 e. The Labute approximate surface area is 124 Å². The van der Waals surface area contributed by atoms with Crippen LogP contribution in [0.25, 0.3) is 6.08 Å². The average Bonchev–Trinajstić information content (AvgIpc) is 2.43. The van der Waals surface area contributed by atoms with Crippen LogP contribution in [0.2, 0.25) is 5.02 Å². The summed E-state index contributed by atoms with van der Waals surface area (Å²) in [7, 11) is 0. The number of hydrogen-bond acceptors (Lipinski definition) is 2. The van der Waals surface area contributed by atoms with Gasteiger partial charge in [0, 0.05) is 11.1 Å². The van der Waals surface area contributed by atoms with E-state index in [4.69, 9.17) is 11.6 Å². The van der Waals surface area contributed by atoms with Gasteiger partial charge >= 0.3 is 0 Å². The van der Waals surface area contributed by atoms with Crippen molar-refractivity contribution in [1.29, 1.82) is 0 Å². The molecule has 20 heavy (non-hydrogen) atoms. The monoisotopic (exact) mass is 293 g/mol. The molecule has 1 saturated carbocycles. The maximum absolute atomic E-state index is 11.8. The van der Waals surface area contributed by atoms with Gasteiger partial charge in [-0.2, -0.15) is 0 Å². The summed E-state index contributed by atoms with van der Waals surface area (Å²) in [5.74, 6) is -0.173. The Balaban J connectivity index is 1.93. The Hall–Kier alpha value is -1.32. The number of carbonyl (C=O) groups is 1. The van der Waals surface area contributed by atoms with E-state index >= 15 is 0 Å². The Morgan fingerprint density at radius 2 is 2.15 bits per heavy atom. The molecule has 4 heteroatoms. The van der Waals surface area contributed by atoms with Crippen molar-refractivity contribution in [3.05, 3.63) is 40.4 Å². The first-order chi connectivity index (χ1) is 9.56. The first-order valence-corrected chi connectivity index (χ1v) is 7.37. The van der Waals surface area contributed by atoms with Crippen molar-refractivity contribution in [3.8, 4) is 0 Å². The predicted molar refractivity (Wildman–Crippen MR) is 81.6 cm³/mol. The maximum atomic E-state index is 11.8. The molecule has 0 radical (unpaired) electrons. The fourth-order valence-corrected chi connectivity index (χ4v) is 2.58. The fourth-order valence-electron chi connectivity index (χ4n) is 2.40. The zero-order valence-corrected chi connectivity index (χ0v) is 12.4. The minimum Gasteiger partial charge on any atom is -0.391 e. The number of rotatable bonds is 3. The molecule has 2 unspecified atom stereocenters. The van der Waals surface area contributed by atoms with E-state index in [0.717, 1.165) is 36.8 Å². The number of aryl methyl sites for hydroxylation is 1. The second-order valence-electron chi connectivity index (χ2n) is 5.31. The van der Waals surface area contributed by atoms with Crippen LogP contribution in [0.15, 0.2) is 24.3 Å². The van der Waals surface area contributed by atoms with Crippen molar-refractivity contribution in [2.75, 3.05) is 0 Å². The summed E-state index contributed by atoms with van der Waals surface area (Å²) in [6.07, 6.45) is 6.50. The molecule has 2 atom stereocenters. The lowest BCUT2D eigenvalue weighted by Gasteiger charge is -2.27. The highest BCUT2D eigenvalue weighted by atomic mass is 35.5. The third-order valence-electron chi connectivity index (χ3n) is 3.68. The van der Waals surface area contributed by atoms with Gasteiger partial charge in [0.25, 0.3) is 0 Å². The summed E-state index contributed by atoms with van der Waals surface area (Å²) in [5, 5.41) is 13.4. The van der Waals surface area contributed by atoms with E-state index in [2.05, 4.69) is 5.32 Å². The number of amides is 1. The topological polar surface area (TPSA) is 49.3 Å². The summed E-state index contributed by atoms with van der Waals surface area (Å²) in [6, 6.07) is 5.55. The molecule has 1 amide bonds. The summed E-state index contributed by atoms with van der Waals surface area (Å²) in [4.78, 5) is 11.8. The first-order valence-electron chi connectivity index (χ1n) is 6.99. The average molecular weight is 294 g/mol. The van der Waals surface area contributed by atoms with Gasteiger partial charge in [0.1, 0.15) is 0 Å². The van der Waals surface area contributed by atoms with Gasteiger partial charge in [-0.3, -0.25) is 4.79 Å². The number of benzene rings is 1. The zero-order valence-electron chi connectivity index (χ0n) is 11.6. The highest BCUT2D eigenvalue weighted by Gasteiger charge is 2.23. The third-order valence-corrected chi connectivity index (χ3v) is 4.09. The van der Waals surface area contributed by atoms with Crippen molar-refractivity contribution in [2.24, 2.45) is 0 Å². The van der Waals surface area contributed by atoms with E-state index < -0.39 is 6.10 Å². The van der Waals surface area contributed by atoms with Gasteiger partial charge < -0.3 is 10.4 Å². The van der Waals surface area contributed by atoms with Gasteiger partial charge in [-0.1, -0.05) is 36.6 Å². The molecule has 1 aliphatic carbocycles. The molecule has 1 aromatic carbocycles. The van der Waals surface area contributed by atoms with Gasteiger partial charge in [0.2, 0.25) is 5.91 Å². The van der Waals surface area contributed by atoms with Crippen molar-refractivity contribution < 1.29 is 9.90 Å². The van der Waals surface area contributed by atoms with Crippen molar-refractivity contribution in [3.63, 3.8) is 0 Å². The molecule has 0 bridgehead atoms. The molecular formula is C16H20ClNO2. The number of halogens is 1. The van der Waals surface area contributed by atoms with Crippen LogP contribution in [0.1, 0.15) is 36.8 Å². The second kappa shape index (κ2) is 6.91. The lowest BCUT2D eigenvalue weighted by atomic mass is 9.92. The summed E-state index contributed by atoms with van der Waals surface area (Å²) < 4.78 is 0. The fraction of sp³-hybridized carbons (Fsp3) is 0.438. The number of aliphatic hydroxyl groups excluding tert-OH is 1. The van der Waals surface area contributed by atoms with Crippen molar-refractivity contribution in [1.82, 2.24) is 5.32 Å². The molecule has 2 N–H and O–H groups in total. The van der Waals surface area contributed by atoms with Gasteiger partial charge in [-0.05, 0) is 43.0 Å². The maximum Gasteiger partial charge on any atom is 0.244 e. The predicted octanol–water partition coefficient (Wildman–Crippen LogP) is 3.08. The van der Waals surface area contributed by atoms with Crippen LogP contribution in [0, 0.1) is 6.92 Å². The van der Waals surface area contributed by atoms with Gasteiger partial charge in [-0.15, -0.1) is 0 Å². The summed E-state index contributed by atoms with van der Waals surface area (Å²) in [6.45, 7) is 1.94. The van der Waals surface area contributed by atoms with Crippen LogP contribution in [-0.4, -0.2) is 23.2 Å². The molecule has 0 aliphatic heterocycles. The lowest BCUT2D eigenvalue weighted by molar-refractivity contribution is -0.118. The zero-order chi connectivity index (χ0) is 14.5. The Morgan fingerprint density at radius 3 is 2.85 bits per heavy atom. The first kappa shape index (κ1) is 15.1. The van der Waals surface area contributed by atoms with E-state index in [1.807, 2.05) is 25.1 Å². The van der Waals surface area contributed by atoms with Crippen LogP contribution in [-0.2, 0) is 4.79 Å². The quantitative estimate of drug-likeness (QED) is 0.842. The van der Waals surface area contributed by atoms with Crippen LogP contribution < -0.4 is 5.32 Å². The van der Waals surface area contributed by atoms with Crippen LogP contribution in [0.4, 0.5) is 0 Å². The molecule has 0 heterocycles. The highest BCUT2D eigenvalue weighted by molar-refractivity contribution is 6.31. The summed E-state index contributed by atoms with van der Waals surface area (Å²) >= 11 is 6.04. The SMILES string of the molecule is Cc1ccc(C=CC(=O)NC2CCCCC2O)cc1Cl. The Kier molecular flexibility index (Phi) is 5.21. The van der Waals surface area contributed by atoms with Gasteiger partial charge in [-0.25, -0.2) is 0 Å². The minimum absolute atomic E-state index is 0.123. The second-order valence-corrected chi connectivity index (χ2v) is 5.72. The molecule has 1 aliphatic rings. The molecule has 0 saturated heterocycles. The molecule has 108 valence electrons. The number of carbonyl (C=O) groups excluding carboxylic acids is 1. The third kappa shape index (κ3) is 4.09. The highest BCUT2D eigenvalue weighted by Crippen LogP contribution is 2.19.